The van der Waals surface area contributed by atoms with E-state index < -0.39 is 11.4 Å². The lowest BCUT2D eigenvalue weighted by Crippen LogP contribution is -2.19. The van der Waals surface area contributed by atoms with E-state index in [-0.39, 0.29) is 0 Å². The Hall–Kier alpha value is -2.36. The Bertz CT molecular complexity index is 815. The lowest BCUT2D eigenvalue weighted by Gasteiger charge is -2.09. The van der Waals surface area contributed by atoms with Crippen LogP contribution in [0, 0.1) is 0 Å². The van der Waals surface area contributed by atoms with Crippen molar-refractivity contribution in [3.05, 3.63) is 42.2 Å². The number of rotatable bonds is 2. The first-order chi connectivity index (χ1) is 9.21. The lowest BCUT2D eigenvalue weighted by molar-refractivity contribution is -0.140. The maximum absolute atomic E-state index is 11.4. The second-order valence-corrected chi connectivity index (χ2v) is 5.19. The van der Waals surface area contributed by atoms with Crippen LogP contribution in [0.1, 0.15) is 18.4 Å². The van der Waals surface area contributed by atoms with Crippen molar-refractivity contribution in [3.63, 3.8) is 0 Å². The SMILES string of the molecule is O=C(O)C1(c2ccc3[nH]c4cnccc4c3c2)CC1. The molecule has 3 aromatic rings. The molecule has 94 valence electrons. The van der Waals surface area contributed by atoms with Gasteiger partial charge in [-0.15, -0.1) is 0 Å². The first kappa shape index (κ1) is 10.6. The Kier molecular flexibility index (Phi) is 1.86. The van der Waals surface area contributed by atoms with Gasteiger partial charge in [-0.25, -0.2) is 0 Å². The highest BCUT2D eigenvalue weighted by Gasteiger charge is 2.51. The predicted molar refractivity (Wildman–Crippen MR) is 72.1 cm³/mol. The van der Waals surface area contributed by atoms with Gasteiger partial charge in [-0.05, 0) is 36.6 Å². The van der Waals surface area contributed by atoms with E-state index in [1.165, 1.54) is 0 Å². The number of aromatic nitrogens is 2. The molecule has 1 aliphatic rings. The second kappa shape index (κ2) is 3.35. The molecule has 0 aliphatic heterocycles. The molecule has 4 heteroatoms. The fourth-order valence-corrected chi connectivity index (χ4v) is 2.80. The highest BCUT2D eigenvalue weighted by Crippen LogP contribution is 2.49. The maximum atomic E-state index is 11.4. The largest absolute Gasteiger partial charge is 0.481 e. The van der Waals surface area contributed by atoms with Crippen molar-refractivity contribution < 1.29 is 9.90 Å². The summed E-state index contributed by atoms with van der Waals surface area (Å²) in [6.45, 7) is 0. The van der Waals surface area contributed by atoms with Crippen LogP contribution < -0.4 is 0 Å². The first-order valence-corrected chi connectivity index (χ1v) is 6.30. The normalized spacial score (nSPS) is 16.8. The third-order valence-electron chi connectivity index (χ3n) is 4.11. The minimum Gasteiger partial charge on any atom is -0.481 e. The zero-order chi connectivity index (χ0) is 13.0. The number of carbonyl (C=O) groups is 1. The number of pyridine rings is 1. The number of fused-ring (bicyclic) bond motifs is 3. The summed E-state index contributed by atoms with van der Waals surface area (Å²) < 4.78 is 0. The first-order valence-electron chi connectivity index (χ1n) is 6.30. The van der Waals surface area contributed by atoms with Crippen LogP contribution in [0.5, 0.6) is 0 Å². The summed E-state index contributed by atoms with van der Waals surface area (Å²) in [6, 6.07) is 7.85. The minimum absolute atomic E-state index is 0.648. The Morgan fingerprint density at radius 2 is 2.05 bits per heavy atom. The summed E-state index contributed by atoms with van der Waals surface area (Å²) in [4.78, 5) is 18.8. The van der Waals surface area contributed by atoms with Crippen LogP contribution in [-0.2, 0) is 10.2 Å². The number of aliphatic carboxylic acids is 1. The molecule has 0 amide bonds. The maximum Gasteiger partial charge on any atom is 0.314 e. The molecule has 4 nitrogen and oxygen atoms in total. The van der Waals surface area contributed by atoms with Crippen LogP contribution in [0.2, 0.25) is 0 Å². The molecule has 0 unspecified atom stereocenters. The van der Waals surface area contributed by atoms with Gasteiger partial charge >= 0.3 is 5.97 Å². The van der Waals surface area contributed by atoms with Gasteiger partial charge in [0.25, 0.3) is 0 Å². The van der Waals surface area contributed by atoms with Gasteiger partial charge in [0.2, 0.25) is 0 Å². The van der Waals surface area contributed by atoms with Crippen molar-refractivity contribution in [1.29, 1.82) is 0 Å². The standard InChI is InChI=1S/C15H12N2O2/c18-14(19)15(4-5-15)9-1-2-12-11(7-9)10-3-6-16-8-13(10)17-12/h1-3,6-8,17H,4-5H2,(H,18,19). The molecule has 0 atom stereocenters. The van der Waals surface area contributed by atoms with Gasteiger partial charge in [0.05, 0.1) is 17.1 Å². The number of carboxylic acids is 1. The van der Waals surface area contributed by atoms with Crippen molar-refractivity contribution >= 4 is 27.8 Å². The van der Waals surface area contributed by atoms with Gasteiger partial charge in [0.15, 0.2) is 0 Å². The molecule has 19 heavy (non-hydrogen) atoms. The predicted octanol–water partition coefficient (Wildman–Crippen LogP) is 2.83. The number of aromatic amines is 1. The van der Waals surface area contributed by atoms with Crippen LogP contribution in [-0.4, -0.2) is 21.0 Å². The number of hydrogen-bond acceptors (Lipinski definition) is 2. The summed E-state index contributed by atoms with van der Waals surface area (Å²) >= 11 is 0. The fourth-order valence-electron chi connectivity index (χ4n) is 2.80. The topological polar surface area (TPSA) is 66.0 Å². The van der Waals surface area contributed by atoms with Gasteiger partial charge in [-0.1, -0.05) is 6.07 Å². The third kappa shape index (κ3) is 1.34. The van der Waals surface area contributed by atoms with Gasteiger partial charge in [-0.3, -0.25) is 9.78 Å². The van der Waals surface area contributed by atoms with Crippen molar-refractivity contribution in [2.75, 3.05) is 0 Å². The molecule has 1 aliphatic carbocycles. The van der Waals surface area contributed by atoms with Crippen LogP contribution in [0.4, 0.5) is 0 Å². The summed E-state index contributed by atoms with van der Waals surface area (Å²) in [5.74, 6) is -0.714. The zero-order valence-corrected chi connectivity index (χ0v) is 10.2. The number of benzene rings is 1. The quantitative estimate of drug-likeness (QED) is 0.737. The highest BCUT2D eigenvalue weighted by atomic mass is 16.4. The molecule has 1 aromatic carbocycles. The van der Waals surface area contributed by atoms with Crippen LogP contribution in [0.25, 0.3) is 21.8 Å². The van der Waals surface area contributed by atoms with Crippen LogP contribution in [0.3, 0.4) is 0 Å². The van der Waals surface area contributed by atoms with E-state index in [1.807, 2.05) is 24.3 Å². The van der Waals surface area contributed by atoms with Gasteiger partial charge in [0.1, 0.15) is 0 Å². The second-order valence-electron chi connectivity index (χ2n) is 5.19. The molecular formula is C15H12N2O2. The van der Waals surface area contributed by atoms with Crippen molar-refractivity contribution in [2.45, 2.75) is 18.3 Å². The molecule has 0 radical (unpaired) electrons. The minimum atomic E-state index is -0.714. The van der Waals surface area contributed by atoms with Crippen molar-refractivity contribution in [3.8, 4) is 0 Å². The summed E-state index contributed by atoms with van der Waals surface area (Å²) in [5, 5.41) is 11.5. The van der Waals surface area contributed by atoms with E-state index in [0.29, 0.717) is 0 Å². The van der Waals surface area contributed by atoms with Crippen LogP contribution in [0.15, 0.2) is 36.7 Å². The Morgan fingerprint density at radius 3 is 2.79 bits per heavy atom. The molecule has 0 saturated heterocycles. The van der Waals surface area contributed by atoms with E-state index in [4.69, 9.17) is 0 Å². The third-order valence-corrected chi connectivity index (χ3v) is 4.11. The summed E-state index contributed by atoms with van der Waals surface area (Å²) in [6.07, 6.45) is 5.01. The zero-order valence-electron chi connectivity index (χ0n) is 10.2. The number of nitrogens with one attached hydrogen (secondary N) is 1. The Labute approximate surface area is 109 Å². The summed E-state index contributed by atoms with van der Waals surface area (Å²) in [7, 11) is 0. The Morgan fingerprint density at radius 1 is 1.21 bits per heavy atom. The number of nitrogens with zero attached hydrogens (tertiary/aromatic N) is 1. The number of hydrogen-bond donors (Lipinski definition) is 2. The fraction of sp³-hybridized carbons (Fsp3) is 0.200. The molecule has 2 N–H and O–H groups in total. The van der Waals surface area contributed by atoms with E-state index in [9.17, 15) is 9.90 Å². The molecule has 1 saturated carbocycles. The van der Waals surface area contributed by atoms with Gasteiger partial charge in [-0.2, -0.15) is 0 Å². The lowest BCUT2D eigenvalue weighted by atomic mass is 9.94. The van der Waals surface area contributed by atoms with E-state index in [1.54, 1.807) is 12.4 Å². The molecule has 2 heterocycles. The van der Waals surface area contributed by atoms with Crippen molar-refractivity contribution in [1.82, 2.24) is 9.97 Å². The van der Waals surface area contributed by atoms with E-state index in [2.05, 4.69) is 9.97 Å². The smallest absolute Gasteiger partial charge is 0.314 e. The Balaban J connectivity index is 2.01. The molecule has 0 spiro atoms. The molecular weight excluding hydrogens is 240 g/mol. The summed E-state index contributed by atoms with van der Waals surface area (Å²) in [5.41, 5.74) is 2.26. The van der Waals surface area contributed by atoms with Gasteiger partial charge < -0.3 is 10.1 Å². The van der Waals surface area contributed by atoms with E-state index >= 15 is 0 Å². The number of carboxylic acid groups (broad SMARTS) is 1. The highest BCUT2D eigenvalue weighted by molar-refractivity contribution is 6.07. The van der Waals surface area contributed by atoms with Crippen LogP contribution >= 0.6 is 0 Å². The average molecular weight is 252 g/mol. The van der Waals surface area contributed by atoms with Gasteiger partial charge in [0, 0.05) is 22.5 Å². The molecule has 2 aromatic heterocycles. The number of H-pyrrole nitrogens is 1. The monoisotopic (exact) mass is 252 g/mol. The van der Waals surface area contributed by atoms with E-state index in [0.717, 1.165) is 40.2 Å². The molecule has 0 bridgehead atoms. The van der Waals surface area contributed by atoms with Crippen molar-refractivity contribution in [2.24, 2.45) is 0 Å². The average Bonchev–Trinajstić information content (AvgIpc) is 3.15. The molecule has 4 rings (SSSR count). The molecule has 1 fully saturated rings.